The van der Waals surface area contributed by atoms with Crippen LogP contribution in [0, 0.1) is 0 Å². The summed E-state index contributed by atoms with van der Waals surface area (Å²) in [5.41, 5.74) is 4.19. The lowest BCUT2D eigenvalue weighted by atomic mass is 9.97. The van der Waals surface area contributed by atoms with E-state index in [2.05, 4.69) is 0 Å². The van der Waals surface area contributed by atoms with Crippen molar-refractivity contribution in [2.24, 2.45) is 0 Å². The maximum atomic E-state index is 6.74. The van der Waals surface area contributed by atoms with Crippen LogP contribution in [0.2, 0.25) is 0 Å². The smallest absolute Gasteiger partial charge is 0.190 e. The third-order valence-corrected chi connectivity index (χ3v) is 7.73. The van der Waals surface area contributed by atoms with Crippen LogP contribution in [0.15, 0.2) is 121 Å². The molecule has 1 aliphatic rings. The van der Waals surface area contributed by atoms with Crippen molar-refractivity contribution in [1.29, 1.82) is 0 Å². The average molecular weight is 613 g/mol. The zero-order chi connectivity index (χ0) is 31.3. The molecule has 1 saturated heterocycles. The van der Waals surface area contributed by atoms with E-state index in [1.807, 2.05) is 135 Å². The minimum absolute atomic E-state index is 0.262. The van der Waals surface area contributed by atoms with Crippen LogP contribution in [-0.4, -0.2) is 50.2 Å². The summed E-state index contributed by atoms with van der Waals surface area (Å²) < 4.78 is 45.1. The first-order chi connectivity index (χ1) is 22.0. The fourth-order valence-corrected chi connectivity index (χ4v) is 5.17. The highest BCUT2D eigenvalue weighted by Gasteiger charge is 2.50. The Morgan fingerprint density at radius 2 is 0.933 bits per heavy atom. The van der Waals surface area contributed by atoms with Crippen LogP contribution in [-0.2, 0) is 59.6 Å². The van der Waals surface area contributed by atoms with Gasteiger partial charge in [-0.3, -0.25) is 0 Å². The molecule has 0 aromatic heterocycles. The standard InChI is InChI=1S/C38H44O7/c1-38(2,39-3)45-37-36(43-27-32-22-14-7-15-23-32)35(42-26-31-20-12-6-13-21-31)34(41-25-30-18-10-5-11-19-30)33(44-37)28-40-24-29-16-8-4-9-17-29/h4-23,33-37H,24-28H2,1-3H3/t33-,34-,35+,36-,37-/m1/s1. The van der Waals surface area contributed by atoms with Crippen LogP contribution in [0.1, 0.15) is 36.1 Å². The summed E-state index contributed by atoms with van der Waals surface area (Å²) in [6, 6.07) is 40.3. The van der Waals surface area contributed by atoms with Crippen molar-refractivity contribution in [2.45, 2.75) is 76.8 Å². The molecule has 5 rings (SSSR count). The molecule has 4 aromatic rings. The third-order valence-electron chi connectivity index (χ3n) is 7.73. The maximum absolute atomic E-state index is 6.74. The lowest BCUT2D eigenvalue weighted by Crippen LogP contribution is -2.63. The van der Waals surface area contributed by atoms with Crippen molar-refractivity contribution in [3.8, 4) is 0 Å². The van der Waals surface area contributed by atoms with Crippen molar-refractivity contribution < 1.29 is 33.2 Å². The van der Waals surface area contributed by atoms with Crippen molar-refractivity contribution in [3.05, 3.63) is 144 Å². The molecule has 1 fully saturated rings. The van der Waals surface area contributed by atoms with E-state index in [1.54, 1.807) is 7.11 Å². The molecule has 5 atom stereocenters. The molecule has 7 heteroatoms. The summed E-state index contributed by atoms with van der Waals surface area (Å²) in [4.78, 5) is 0. The van der Waals surface area contributed by atoms with Crippen LogP contribution < -0.4 is 0 Å². The van der Waals surface area contributed by atoms with E-state index >= 15 is 0 Å². The minimum atomic E-state index is -0.948. The van der Waals surface area contributed by atoms with Crippen LogP contribution in [0.4, 0.5) is 0 Å². The molecule has 0 spiro atoms. The molecule has 7 nitrogen and oxygen atoms in total. The van der Waals surface area contributed by atoms with Gasteiger partial charge in [0.2, 0.25) is 0 Å². The van der Waals surface area contributed by atoms with Gasteiger partial charge in [-0.05, 0) is 36.1 Å². The van der Waals surface area contributed by atoms with Gasteiger partial charge in [0, 0.05) is 7.11 Å². The van der Waals surface area contributed by atoms with E-state index in [-0.39, 0.29) is 6.61 Å². The number of hydrogen-bond donors (Lipinski definition) is 0. The Labute approximate surface area is 267 Å². The van der Waals surface area contributed by atoms with Crippen LogP contribution in [0.3, 0.4) is 0 Å². The van der Waals surface area contributed by atoms with Crippen molar-refractivity contribution >= 4 is 0 Å². The van der Waals surface area contributed by atoms with Gasteiger partial charge in [-0.2, -0.15) is 0 Å². The highest BCUT2D eigenvalue weighted by Crippen LogP contribution is 2.33. The Kier molecular flexibility index (Phi) is 12.3. The number of rotatable bonds is 16. The van der Waals surface area contributed by atoms with Crippen molar-refractivity contribution in [1.82, 2.24) is 0 Å². The Balaban J connectivity index is 1.45. The fraction of sp³-hybridized carbons (Fsp3) is 0.368. The molecule has 0 radical (unpaired) electrons. The summed E-state index contributed by atoms with van der Waals surface area (Å²) in [5, 5.41) is 0. The summed E-state index contributed by atoms with van der Waals surface area (Å²) >= 11 is 0. The molecular weight excluding hydrogens is 568 g/mol. The molecule has 4 aromatic carbocycles. The molecule has 0 aliphatic carbocycles. The second-order valence-corrected chi connectivity index (χ2v) is 11.5. The monoisotopic (exact) mass is 612 g/mol. The normalized spacial score (nSPS) is 21.9. The van der Waals surface area contributed by atoms with Crippen molar-refractivity contribution in [3.63, 3.8) is 0 Å². The molecule has 0 unspecified atom stereocenters. The largest absolute Gasteiger partial charge is 0.374 e. The lowest BCUT2D eigenvalue weighted by Gasteiger charge is -2.47. The molecule has 45 heavy (non-hydrogen) atoms. The van der Waals surface area contributed by atoms with Gasteiger partial charge in [0.05, 0.1) is 33.0 Å². The fourth-order valence-electron chi connectivity index (χ4n) is 5.17. The maximum Gasteiger partial charge on any atom is 0.190 e. The van der Waals surface area contributed by atoms with Gasteiger partial charge < -0.3 is 33.2 Å². The summed E-state index contributed by atoms with van der Waals surface area (Å²) in [5.74, 6) is -0.948. The lowest BCUT2D eigenvalue weighted by molar-refractivity contribution is -0.372. The second-order valence-electron chi connectivity index (χ2n) is 11.5. The zero-order valence-corrected chi connectivity index (χ0v) is 26.3. The Bertz CT molecular complexity index is 1370. The minimum Gasteiger partial charge on any atom is -0.374 e. The molecule has 0 saturated carbocycles. The van der Waals surface area contributed by atoms with Crippen molar-refractivity contribution in [2.75, 3.05) is 13.7 Å². The Morgan fingerprint density at radius 1 is 0.533 bits per heavy atom. The quantitative estimate of drug-likeness (QED) is 0.125. The van der Waals surface area contributed by atoms with Gasteiger partial charge in [-0.1, -0.05) is 121 Å². The van der Waals surface area contributed by atoms with Gasteiger partial charge >= 0.3 is 0 Å². The first-order valence-electron chi connectivity index (χ1n) is 15.5. The first kappa shape index (κ1) is 33.0. The Morgan fingerprint density at radius 3 is 1.38 bits per heavy atom. The first-order valence-corrected chi connectivity index (χ1v) is 15.5. The van der Waals surface area contributed by atoms with E-state index < -0.39 is 36.5 Å². The zero-order valence-electron chi connectivity index (χ0n) is 26.3. The molecule has 0 N–H and O–H groups in total. The number of methoxy groups -OCH3 is 1. The van der Waals surface area contributed by atoms with E-state index in [0.717, 1.165) is 22.3 Å². The van der Waals surface area contributed by atoms with Gasteiger partial charge in [0.15, 0.2) is 12.1 Å². The summed E-state index contributed by atoms with van der Waals surface area (Å²) in [6.45, 7) is 5.47. The van der Waals surface area contributed by atoms with Crippen LogP contribution in [0.5, 0.6) is 0 Å². The SMILES string of the molecule is COC(C)(C)O[C@H]1O[C@H](COCc2ccccc2)[C@@H](OCc2ccccc2)[C@H](OCc2ccccc2)[C@H]1OCc1ccccc1. The number of hydrogen-bond acceptors (Lipinski definition) is 7. The number of ether oxygens (including phenoxy) is 7. The molecule has 0 bridgehead atoms. The van der Waals surface area contributed by atoms with Gasteiger partial charge in [0.1, 0.15) is 24.4 Å². The summed E-state index contributed by atoms with van der Waals surface area (Å²) in [7, 11) is 1.61. The molecule has 1 heterocycles. The third kappa shape index (κ3) is 10.0. The topological polar surface area (TPSA) is 64.6 Å². The van der Waals surface area contributed by atoms with E-state index in [1.165, 1.54) is 0 Å². The Hall–Kier alpha value is -3.40. The second kappa shape index (κ2) is 16.8. The predicted octanol–water partition coefficient (Wildman–Crippen LogP) is 7.08. The van der Waals surface area contributed by atoms with Crippen LogP contribution in [0.25, 0.3) is 0 Å². The highest BCUT2D eigenvalue weighted by molar-refractivity contribution is 5.16. The average Bonchev–Trinajstić information content (AvgIpc) is 3.08. The number of benzene rings is 4. The highest BCUT2D eigenvalue weighted by atomic mass is 16.8. The predicted molar refractivity (Wildman–Crippen MR) is 172 cm³/mol. The van der Waals surface area contributed by atoms with Gasteiger partial charge in [0.25, 0.3) is 0 Å². The van der Waals surface area contributed by atoms with Crippen LogP contribution >= 0.6 is 0 Å². The van der Waals surface area contributed by atoms with E-state index in [9.17, 15) is 0 Å². The van der Waals surface area contributed by atoms with E-state index in [4.69, 9.17) is 33.2 Å². The van der Waals surface area contributed by atoms with Gasteiger partial charge in [-0.15, -0.1) is 0 Å². The molecule has 238 valence electrons. The molecule has 0 amide bonds. The summed E-state index contributed by atoms with van der Waals surface area (Å²) in [6.07, 6.45) is -3.08. The molecule has 1 aliphatic heterocycles. The molecular formula is C38H44O7. The van der Waals surface area contributed by atoms with E-state index in [0.29, 0.717) is 26.4 Å². The van der Waals surface area contributed by atoms with Gasteiger partial charge in [-0.25, -0.2) is 0 Å².